The summed E-state index contributed by atoms with van der Waals surface area (Å²) in [6, 6.07) is 18.9. The van der Waals surface area contributed by atoms with Crippen LogP contribution >= 0.6 is 0 Å². The van der Waals surface area contributed by atoms with E-state index in [2.05, 4.69) is 4.98 Å². The van der Waals surface area contributed by atoms with Crippen LogP contribution < -0.4 is 10.3 Å². The number of halogens is 1. The summed E-state index contributed by atoms with van der Waals surface area (Å²) in [6.07, 6.45) is 0. The Balaban J connectivity index is 1.87. The second-order valence-electron chi connectivity index (χ2n) is 6.89. The number of nitrogens with one attached hydrogen (secondary N) is 1. The SMILES string of the molecule is Cc1ccc(S(=O)(=O)c2cc(F)c(OCc3ccccc3)c3[nH]c(=O)ccc23)cc1. The Morgan fingerprint density at radius 3 is 2.37 bits per heavy atom. The number of hydrogen-bond acceptors (Lipinski definition) is 4. The number of fused-ring (bicyclic) bond motifs is 1. The number of rotatable bonds is 5. The molecule has 0 amide bonds. The van der Waals surface area contributed by atoms with Gasteiger partial charge in [-0.1, -0.05) is 48.0 Å². The Hall–Kier alpha value is -3.45. The van der Waals surface area contributed by atoms with E-state index in [1.807, 2.05) is 37.3 Å². The van der Waals surface area contributed by atoms with Gasteiger partial charge in [0, 0.05) is 11.5 Å². The lowest BCUT2D eigenvalue weighted by atomic mass is 10.2. The molecule has 0 aliphatic rings. The van der Waals surface area contributed by atoms with Crippen molar-refractivity contribution < 1.29 is 17.5 Å². The number of aryl methyl sites for hydroxylation is 1. The topological polar surface area (TPSA) is 76.2 Å². The van der Waals surface area contributed by atoms with E-state index in [0.717, 1.165) is 17.2 Å². The lowest BCUT2D eigenvalue weighted by Gasteiger charge is -2.14. The number of benzene rings is 3. The predicted octanol–water partition coefficient (Wildman–Crippen LogP) is 4.39. The number of hydrogen-bond donors (Lipinski definition) is 1. The van der Waals surface area contributed by atoms with Gasteiger partial charge in [0.05, 0.1) is 15.3 Å². The fourth-order valence-corrected chi connectivity index (χ4v) is 4.64. The Morgan fingerprint density at radius 1 is 0.967 bits per heavy atom. The summed E-state index contributed by atoms with van der Waals surface area (Å²) in [5.74, 6) is -1.07. The molecule has 0 aliphatic heterocycles. The molecule has 3 aromatic carbocycles. The van der Waals surface area contributed by atoms with Crippen LogP contribution in [0.3, 0.4) is 0 Å². The first kappa shape index (κ1) is 19.8. The zero-order valence-corrected chi connectivity index (χ0v) is 16.9. The minimum atomic E-state index is -4.02. The first-order valence-corrected chi connectivity index (χ1v) is 10.7. The van der Waals surface area contributed by atoms with Crippen LogP contribution in [0.2, 0.25) is 0 Å². The molecule has 152 valence electrons. The first-order chi connectivity index (χ1) is 14.4. The smallest absolute Gasteiger partial charge is 0.248 e. The molecule has 0 atom stereocenters. The first-order valence-electron chi connectivity index (χ1n) is 9.20. The van der Waals surface area contributed by atoms with Crippen LogP contribution in [0.4, 0.5) is 4.39 Å². The predicted molar refractivity (Wildman–Crippen MR) is 112 cm³/mol. The van der Waals surface area contributed by atoms with Crippen LogP contribution in [-0.4, -0.2) is 13.4 Å². The number of pyridine rings is 1. The minimum absolute atomic E-state index is 0.00381. The second kappa shape index (κ2) is 7.76. The molecule has 0 bridgehead atoms. The summed E-state index contributed by atoms with van der Waals surface area (Å²) in [6.45, 7) is 1.91. The molecule has 5 nitrogen and oxygen atoms in total. The highest BCUT2D eigenvalue weighted by Gasteiger charge is 2.25. The van der Waals surface area contributed by atoms with Crippen molar-refractivity contribution in [3.8, 4) is 5.75 Å². The molecule has 0 spiro atoms. The monoisotopic (exact) mass is 423 g/mol. The molecule has 0 aliphatic carbocycles. The summed E-state index contributed by atoms with van der Waals surface area (Å²) in [7, 11) is -4.02. The van der Waals surface area contributed by atoms with Gasteiger partial charge >= 0.3 is 0 Å². The molecule has 1 heterocycles. The highest BCUT2D eigenvalue weighted by Crippen LogP contribution is 2.35. The van der Waals surface area contributed by atoms with Crippen LogP contribution in [-0.2, 0) is 16.4 Å². The molecule has 4 aromatic rings. The van der Waals surface area contributed by atoms with E-state index in [9.17, 15) is 13.2 Å². The molecule has 30 heavy (non-hydrogen) atoms. The van der Waals surface area contributed by atoms with E-state index in [0.29, 0.717) is 0 Å². The third-order valence-corrected chi connectivity index (χ3v) is 6.54. The standard InChI is InChI=1S/C23H18FNO4S/c1-15-7-9-17(10-8-15)30(27,28)20-13-19(24)23(22-18(20)11-12-21(26)25-22)29-14-16-5-3-2-4-6-16/h2-13H,14H2,1H3,(H,25,26). The number of sulfone groups is 1. The molecule has 7 heteroatoms. The van der Waals surface area contributed by atoms with Crippen molar-refractivity contribution >= 4 is 20.7 Å². The van der Waals surface area contributed by atoms with E-state index in [1.165, 1.54) is 24.3 Å². The van der Waals surface area contributed by atoms with Gasteiger partial charge in [-0.25, -0.2) is 12.8 Å². The maximum atomic E-state index is 15.0. The summed E-state index contributed by atoms with van der Waals surface area (Å²) >= 11 is 0. The van der Waals surface area contributed by atoms with Gasteiger partial charge in [-0.2, -0.15) is 0 Å². The zero-order chi connectivity index (χ0) is 21.3. The van der Waals surface area contributed by atoms with E-state index < -0.39 is 21.2 Å². The number of ether oxygens (including phenoxy) is 1. The van der Waals surface area contributed by atoms with Crippen LogP contribution in [0, 0.1) is 12.7 Å². The summed E-state index contributed by atoms with van der Waals surface area (Å²) < 4.78 is 47.0. The fourth-order valence-electron chi connectivity index (χ4n) is 3.17. The summed E-state index contributed by atoms with van der Waals surface area (Å²) in [5.41, 5.74) is 1.22. The third-order valence-electron chi connectivity index (χ3n) is 4.73. The fraction of sp³-hybridized carbons (Fsp3) is 0.0870. The lowest BCUT2D eigenvalue weighted by molar-refractivity contribution is 0.293. The van der Waals surface area contributed by atoms with Crippen molar-refractivity contribution in [2.24, 2.45) is 0 Å². The molecular weight excluding hydrogens is 405 g/mol. The maximum Gasteiger partial charge on any atom is 0.248 e. The molecular formula is C23H18FNO4S. The van der Waals surface area contributed by atoms with E-state index in [1.54, 1.807) is 12.1 Å². The summed E-state index contributed by atoms with van der Waals surface area (Å²) in [4.78, 5) is 14.2. The Labute approximate surface area is 172 Å². The average Bonchev–Trinajstić information content (AvgIpc) is 2.73. The van der Waals surface area contributed by atoms with Gasteiger partial charge in [0.1, 0.15) is 6.61 Å². The van der Waals surface area contributed by atoms with Gasteiger partial charge in [0.25, 0.3) is 0 Å². The van der Waals surface area contributed by atoms with Gasteiger partial charge in [-0.3, -0.25) is 4.79 Å². The quantitative estimate of drug-likeness (QED) is 0.517. The minimum Gasteiger partial charge on any atom is -0.484 e. The molecule has 0 saturated heterocycles. The van der Waals surface area contributed by atoms with Crippen LogP contribution in [0.15, 0.2) is 87.4 Å². The Morgan fingerprint density at radius 2 is 1.67 bits per heavy atom. The summed E-state index contributed by atoms with van der Waals surface area (Å²) in [5, 5.41) is 0.180. The lowest BCUT2D eigenvalue weighted by Crippen LogP contribution is -2.10. The van der Waals surface area contributed by atoms with Gasteiger partial charge in [0.15, 0.2) is 11.6 Å². The van der Waals surface area contributed by atoms with E-state index >= 15 is 4.39 Å². The van der Waals surface area contributed by atoms with Gasteiger partial charge in [-0.05, 0) is 36.8 Å². The molecule has 1 N–H and O–H groups in total. The van der Waals surface area contributed by atoms with Crippen molar-refractivity contribution in [1.82, 2.24) is 4.98 Å². The molecule has 0 unspecified atom stereocenters. The molecule has 1 aromatic heterocycles. The normalized spacial score (nSPS) is 11.5. The largest absolute Gasteiger partial charge is 0.484 e. The number of aromatic amines is 1. The van der Waals surface area contributed by atoms with Crippen molar-refractivity contribution in [2.45, 2.75) is 23.3 Å². The van der Waals surface area contributed by atoms with Crippen LogP contribution in [0.1, 0.15) is 11.1 Å². The van der Waals surface area contributed by atoms with E-state index in [4.69, 9.17) is 4.74 Å². The number of aromatic nitrogens is 1. The molecule has 0 fully saturated rings. The highest BCUT2D eigenvalue weighted by atomic mass is 32.2. The van der Waals surface area contributed by atoms with Crippen molar-refractivity contribution in [3.63, 3.8) is 0 Å². The molecule has 4 rings (SSSR count). The van der Waals surface area contributed by atoms with Crippen LogP contribution in [0.5, 0.6) is 5.75 Å². The van der Waals surface area contributed by atoms with E-state index in [-0.39, 0.29) is 33.1 Å². The van der Waals surface area contributed by atoms with Gasteiger partial charge < -0.3 is 9.72 Å². The second-order valence-corrected chi connectivity index (χ2v) is 8.81. The highest BCUT2D eigenvalue weighted by molar-refractivity contribution is 7.91. The maximum absolute atomic E-state index is 15.0. The van der Waals surface area contributed by atoms with Gasteiger partial charge in [-0.15, -0.1) is 0 Å². The average molecular weight is 423 g/mol. The van der Waals surface area contributed by atoms with Crippen LogP contribution in [0.25, 0.3) is 10.9 Å². The number of H-pyrrole nitrogens is 1. The molecule has 0 saturated carbocycles. The Kier molecular flexibility index (Phi) is 5.13. The van der Waals surface area contributed by atoms with Crippen molar-refractivity contribution in [1.29, 1.82) is 0 Å². The van der Waals surface area contributed by atoms with Crippen molar-refractivity contribution in [2.75, 3.05) is 0 Å². The Bertz CT molecular complexity index is 1380. The third kappa shape index (κ3) is 3.71. The van der Waals surface area contributed by atoms with Gasteiger partial charge in [0.2, 0.25) is 15.4 Å². The molecule has 0 radical (unpaired) electrons. The zero-order valence-electron chi connectivity index (χ0n) is 16.1. The van der Waals surface area contributed by atoms with Crippen molar-refractivity contribution in [3.05, 3.63) is 100 Å².